The molecule has 1 atom stereocenters. The summed E-state index contributed by atoms with van der Waals surface area (Å²) in [6.45, 7) is 3.84. The summed E-state index contributed by atoms with van der Waals surface area (Å²) in [5.74, 6) is 1.03. The van der Waals surface area contributed by atoms with Crippen molar-refractivity contribution in [3.8, 4) is 0 Å². The molecule has 1 fully saturated rings. The van der Waals surface area contributed by atoms with Crippen molar-refractivity contribution in [2.45, 2.75) is 52.2 Å². The van der Waals surface area contributed by atoms with E-state index in [1.807, 2.05) is 0 Å². The van der Waals surface area contributed by atoms with Crippen LogP contribution in [0.15, 0.2) is 0 Å². The van der Waals surface area contributed by atoms with Crippen LogP contribution in [0.2, 0.25) is 0 Å². The molecular weight excluding hydrogens is 224 g/mol. The third kappa shape index (κ3) is 5.12. The smallest absolute Gasteiger partial charge is 0.311 e. The number of ether oxygens (including phenoxy) is 2. The van der Waals surface area contributed by atoms with Crippen LogP contribution in [-0.2, 0) is 14.3 Å². The van der Waals surface area contributed by atoms with E-state index in [-0.39, 0.29) is 11.9 Å². The highest BCUT2D eigenvalue weighted by molar-refractivity contribution is 7.97. The molecule has 0 bridgehead atoms. The highest BCUT2D eigenvalue weighted by Crippen LogP contribution is 2.24. The van der Waals surface area contributed by atoms with E-state index in [4.69, 9.17) is 9.47 Å². The molecule has 0 aromatic carbocycles. The van der Waals surface area contributed by atoms with Gasteiger partial charge in [-0.2, -0.15) is 11.4 Å². The Morgan fingerprint density at radius 2 is 2.12 bits per heavy atom. The van der Waals surface area contributed by atoms with Gasteiger partial charge in [-0.1, -0.05) is 26.2 Å². The lowest BCUT2D eigenvalue weighted by Crippen LogP contribution is -2.25. The zero-order chi connectivity index (χ0) is 11.8. The summed E-state index contributed by atoms with van der Waals surface area (Å²) in [6.07, 6.45) is 5.04. The Morgan fingerprint density at radius 3 is 2.75 bits per heavy atom. The molecule has 4 heteroatoms. The van der Waals surface area contributed by atoms with E-state index in [0.29, 0.717) is 0 Å². The lowest BCUT2D eigenvalue weighted by atomic mass is 9.89. The molecule has 1 aliphatic carbocycles. The molecule has 1 rings (SSSR count). The summed E-state index contributed by atoms with van der Waals surface area (Å²) in [7, 11) is 0. The Morgan fingerprint density at radius 1 is 1.44 bits per heavy atom. The highest BCUT2D eigenvalue weighted by atomic mass is 32.1. The van der Waals surface area contributed by atoms with Gasteiger partial charge in [0.2, 0.25) is 6.29 Å². The van der Waals surface area contributed by atoms with Crippen LogP contribution in [0.3, 0.4) is 0 Å². The van der Waals surface area contributed by atoms with Crippen LogP contribution in [0.1, 0.15) is 46.0 Å². The fourth-order valence-electron chi connectivity index (χ4n) is 1.83. The maximum absolute atomic E-state index is 11.7. The second kappa shape index (κ2) is 7.85. The molecule has 0 aromatic rings. The minimum Gasteiger partial charge on any atom is -0.435 e. The van der Waals surface area contributed by atoms with Gasteiger partial charge in [0.15, 0.2) is 0 Å². The van der Waals surface area contributed by atoms with Crippen molar-refractivity contribution in [2.75, 3.05) is 5.75 Å². The van der Waals surface area contributed by atoms with Gasteiger partial charge in [0.1, 0.15) is 0 Å². The van der Waals surface area contributed by atoms with Crippen molar-refractivity contribution < 1.29 is 14.3 Å². The predicted octanol–water partition coefficient (Wildman–Crippen LogP) is 2.72. The van der Waals surface area contributed by atoms with Gasteiger partial charge in [-0.3, -0.25) is 4.79 Å². The Labute approximate surface area is 101 Å². The van der Waals surface area contributed by atoms with Crippen LogP contribution < -0.4 is 0 Å². The summed E-state index contributed by atoms with van der Waals surface area (Å²) < 4.78 is 10.5. The molecule has 0 saturated heterocycles. The first-order chi connectivity index (χ1) is 7.74. The predicted molar refractivity (Wildman–Crippen MR) is 68.8 cm³/mol. The number of thiol groups is 1. The van der Waals surface area contributed by atoms with Crippen molar-refractivity contribution in [1.82, 2.24) is 0 Å². The van der Waals surface area contributed by atoms with Crippen molar-refractivity contribution in [1.29, 1.82) is 0 Å². The fourth-order valence-corrected chi connectivity index (χ4v) is 2.24. The second-order valence-electron chi connectivity index (χ2n) is 4.08. The van der Waals surface area contributed by atoms with E-state index >= 15 is 0 Å². The number of carbonyl (C=O) groups excluding carboxylic acids is 1. The molecule has 16 heavy (non-hydrogen) atoms. The first-order valence-electron chi connectivity index (χ1n) is 6.08. The third-order valence-corrected chi connectivity index (χ3v) is 3.37. The average Bonchev–Trinajstić information content (AvgIpc) is 2.30. The van der Waals surface area contributed by atoms with E-state index < -0.39 is 6.29 Å². The van der Waals surface area contributed by atoms with E-state index in [1.165, 1.54) is 6.42 Å². The SMILES string of the molecule is CC[SH]=COC(C)OC(=O)C1CCCCC1. The van der Waals surface area contributed by atoms with Crippen molar-refractivity contribution in [3.05, 3.63) is 0 Å². The van der Waals surface area contributed by atoms with Gasteiger partial charge in [0.05, 0.1) is 11.5 Å². The normalized spacial score (nSPS) is 20.4. The number of hydrogen-bond acceptors (Lipinski definition) is 3. The topological polar surface area (TPSA) is 35.5 Å². The Hall–Kier alpha value is -0.350. The maximum Gasteiger partial charge on any atom is 0.311 e. The Bertz CT molecular complexity index is 234. The highest BCUT2D eigenvalue weighted by Gasteiger charge is 2.23. The van der Waals surface area contributed by atoms with Gasteiger partial charge in [0, 0.05) is 0 Å². The monoisotopic (exact) mass is 246 g/mol. The van der Waals surface area contributed by atoms with Gasteiger partial charge in [-0.15, -0.1) is 0 Å². The molecule has 1 aliphatic rings. The van der Waals surface area contributed by atoms with E-state index in [9.17, 15) is 4.79 Å². The van der Waals surface area contributed by atoms with Crippen LogP contribution in [-0.4, -0.2) is 23.6 Å². The van der Waals surface area contributed by atoms with E-state index in [2.05, 4.69) is 6.92 Å². The quantitative estimate of drug-likeness (QED) is 0.351. The van der Waals surface area contributed by atoms with Gasteiger partial charge in [-0.05, 0) is 25.5 Å². The molecule has 1 unspecified atom stereocenters. The third-order valence-electron chi connectivity index (χ3n) is 2.73. The molecule has 0 spiro atoms. The van der Waals surface area contributed by atoms with Crippen molar-refractivity contribution in [2.24, 2.45) is 5.92 Å². The van der Waals surface area contributed by atoms with E-state index in [0.717, 1.165) is 42.8 Å². The zero-order valence-electron chi connectivity index (χ0n) is 10.1. The van der Waals surface area contributed by atoms with Gasteiger partial charge in [-0.25, -0.2) is 0 Å². The fraction of sp³-hybridized carbons (Fsp3) is 0.833. The lowest BCUT2D eigenvalue weighted by Gasteiger charge is -2.21. The minimum absolute atomic E-state index is 0.0891. The molecular formula is C12H22O3S. The molecule has 0 amide bonds. The molecule has 0 aromatic heterocycles. The van der Waals surface area contributed by atoms with Crippen molar-refractivity contribution in [3.63, 3.8) is 0 Å². The first kappa shape index (κ1) is 13.7. The molecule has 0 heterocycles. The molecule has 0 aliphatic heterocycles. The van der Waals surface area contributed by atoms with Crippen LogP contribution in [0.25, 0.3) is 0 Å². The molecule has 3 nitrogen and oxygen atoms in total. The number of carbonyl (C=O) groups is 1. The largest absolute Gasteiger partial charge is 0.435 e. The van der Waals surface area contributed by atoms with Crippen LogP contribution in [0.4, 0.5) is 0 Å². The number of hydrogen-bond donors (Lipinski definition) is 1. The van der Waals surface area contributed by atoms with Crippen LogP contribution >= 0.6 is 11.4 Å². The second-order valence-corrected chi connectivity index (χ2v) is 5.29. The van der Waals surface area contributed by atoms with Gasteiger partial charge >= 0.3 is 5.97 Å². The molecule has 94 valence electrons. The van der Waals surface area contributed by atoms with Crippen LogP contribution in [0, 0.1) is 5.92 Å². The van der Waals surface area contributed by atoms with Gasteiger partial charge < -0.3 is 9.47 Å². The number of rotatable bonds is 5. The van der Waals surface area contributed by atoms with Crippen molar-refractivity contribution >= 4 is 22.9 Å². The molecule has 1 saturated carbocycles. The van der Waals surface area contributed by atoms with Gasteiger partial charge in [0.25, 0.3) is 0 Å². The summed E-state index contributed by atoms with van der Waals surface area (Å²) in [4.78, 5) is 11.7. The van der Waals surface area contributed by atoms with Crippen LogP contribution in [0.5, 0.6) is 0 Å². The Kier molecular flexibility index (Phi) is 6.73. The minimum atomic E-state index is -0.450. The standard InChI is InChI=1S/C12H22O3S/c1-3-16-9-14-10(2)15-12(13)11-7-5-4-6-8-11/h9-11,16H,3-8H2,1-2H3. The summed E-state index contributed by atoms with van der Waals surface area (Å²) in [5, 5.41) is 0. The maximum atomic E-state index is 11.7. The number of esters is 1. The van der Waals surface area contributed by atoms with E-state index in [1.54, 1.807) is 12.5 Å². The lowest BCUT2D eigenvalue weighted by molar-refractivity contribution is -0.168. The molecule has 0 radical (unpaired) electrons. The zero-order valence-corrected chi connectivity index (χ0v) is 11.0. The molecule has 0 N–H and O–H groups in total. The summed E-state index contributed by atoms with van der Waals surface area (Å²) in [6, 6.07) is 0. The first-order valence-corrected chi connectivity index (χ1v) is 7.23. The Balaban J connectivity index is 2.23. The summed E-state index contributed by atoms with van der Waals surface area (Å²) in [5.41, 5.74) is 1.69. The summed E-state index contributed by atoms with van der Waals surface area (Å²) >= 11 is 1.12. The average molecular weight is 246 g/mol.